The zero-order valence-corrected chi connectivity index (χ0v) is 19.2. The third kappa shape index (κ3) is 4.61. The van der Waals surface area contributed by atoms with Gasteiger partial charge in [-0.25, -0.2) is 4.68 Å². The highest BCUT2D eigenvalue weighted by molar-refractivity contribution is 6.00. The number of para-hydroxylation sites is 1. The summed E-state index contributed by atoms with van der Waals surface area (Å²) in [4.78, 5) is 15.9. The largest absolute Gasteiger partial charge is 0.379 e. The summed E-state index contributed by atoms with van der Waals surface area (Å²) in [6.07, 6.45) is 2.78. The lowest BCUT2D eigenvalue weighted by molar-refractivity contribution is -0.0169. The molecule has 1 aliphatic rings. The molecule has 0 aliphatic carbocycles. The molecule has 2 aromatic carbocycles. The van der Waals surface area contributed by atoms with Crippen molar-refractivity contribution in [2.75, 3.05) is 32.8 Å². The fourth-order valence-electron chi connectivity index (χ4n) is 4.22. The van der Waals surface area contributed by atoms with E-state index in [-0.39, 0.29) is 11.4 Å². The number of carbonyl (C=O) groups excluding carboxylic acids is 1. The Balaban J connectivity index is 1.63. The fraction of sp³-hybridized carbons (Fsp3) is 0.385. The second kappa shape index (κ2) is 9.67. The van der Waals surface area contributed by atoms with Crippen LogP contribution >= 0.6 is 0 Å². The second-order valence-corrected chi connectivity index (χ2v) is 8.62. The minimum absolute atomic E-state index is 0.0987. The van der Waals surface area contributed by atoms with Crippen LogP contribution in [0.2, 0.25) is 0 Å². The minimum Gasteiger partial charge on any atom is -0.379 e. The molecule has 1 saturated heterocycles. The van der Waals surface area contributed by atoms with Gasteiger partial charge in [-0.3, -0.25) is 9.69 Å². The molecule has 32 heavy (non-hydrogen) atoms. The van der Waals surface area contributed by atoms with Crippen molar-refractivity contribution in [2.45, 2.75) is 32.7 Å². The zero-order valence-electron chi connectivity index (χ0n) is 19.2. The first-order valence-corrected chi connectivity index (χ1v) is 11.3. The molecule has 1 unspecified atom stereocenters. The van der Waals surface area contributed by atoms with E-state index in [0.717, 1.165) is 49.5 Å². The maximum absolute atomic E-state index is 13.4. The van der Waals surface area contributed by atoms with E-state index in [1.807, 2.05) is 67.7 Å². The Bertz CT molecular complexity index is 1060. The molecule has 1 amide bonds. The molecule has 0 bridgehead atoms. The average molecular weight is 433 g/mol. The van der Waals surface area contributed by atoms with Crippen LogP contribution in [0.15, 0.2) is 60.8 Å². The molecule has 6 nitrogen and oxygen atoms in total. The first-order chi connectivity index (χ1) is 15.5. The molecule has 2 heterocycles. The van der Waals surface area contributed by atoms with E-state index in [0.29, 0.717) is 17.8 Å². The summed E-state index contributed by atoms with van der Waals surface area (Å²) >= 11 is 0. The molecule has 1 fully saturated rings. The maximum atomic E-state index is 13.4. The first kappa shape index (κ1) is 22.2. The summed E-state index contributed by atoms with van der Waals surface area (Å²) in [6, 6.07) is 17.9. The van der Waals surface area contributed by atoms with Crippen molar-refractivity contribution in [2.24, 2.45) is 0 Å². The molecule has 1 aromatic heterocycles. The summed E-state index contributed by atoms with van der Waals surface area (Å²) in [5, 5.41) is 8.02. The van der Waals surface area contributed by atoms with Crippen LogP contribution in [0.25, 0.3) is 16.9 Å². The highest BCUT2D eigenvalue weighted by atomic mass is 16.5. The van der Waals surface area contributed by atoms with Gasteiger partial charge in [0.2, 0.25) is 0 Å². The summed E-state index contributed by atoms with van der Waals surface area (Å²) in [7, 11) is 0. The summed E-state index contributed by atoms with van der Waals surface area (Å²) in [5.41, 5.74) is 4.16. The van der Waals surface area contributed by atoms with Gasteiger partial charge < -0.3 is 10.1 Å². The molecular formula is C26H32N4O2. The van der Waals surface area contributed by atoms with Gasteiger partial charge in [-0.1, -0.05) is 49.4 Å². The Hall–Kier alpha value is -2.96. The molecule has 0 radical (unpaired) electrons. The number of carbonyl (C=O) groups is 1. The third-order valence-corrected chi connectivity index (χ3v) is 6.55. The Morgan fingerprint density at radius 2 is 1.78 bits per heavy atom. The number of amides is 1. The van der Waals surface area contributed by atoms with Crippen LogP contribution in [0.4, 0.5) is 0 Å². The molecule has 4 rings (SSSR count). The number of benzene rings is 2. The number of nitrogens with zero attached hydrogens (tertiary/aromatic N) is 3. The zero-order chi connectivity index (χ0) is 22.6. The smallest absolute Gasteiger partial charge is 0.255 e. The van der Waals surface area contributed by atoms with Gasteiger partial charge in [0.1, 0.15) is 5.69 Å². The number of hydrogen-bond donors (Lipinski definition) is 1. The fourth-order valence-corrected chi connectivity index (χ4v) is 4.22. The predicted molar refractivity (Wildman–Crippen MR) is 127 cm³/mol. The average Bonchev–Trinajstić information content (AvgIpc) is 3.29. The highest BCUT2D eigenvalue weighted by Crippen LogP contribution is 2.27. The van der Waals surface area contributed by atoms with Crippen LogP contribution in [0.3, 0.4) is 0 Å². The van der Waals surface area contributed by atoms with Crippen molar-refractivity contribution in [1.29, 1.82) is 0 Å². The number of ether oxygens (including phenoxy) is 1. The topological polar surface area (TPSA) is 59.4 Å². The number of nitrogens with one attached hydrogen (secondary N) is 1. The number of morpholine rings is 1. The van der Waals surface area contributed by atoms with Crippen molar-refractivity contribution in [3.05, 3.63) is 71.9 Å². The van der Waals surface area contributed by atoms with E-state index in [9.17, 15) is 4.79 Å². The number of hydrogen-bond acceptors (Lipinski definition) is 4. The van der Waals surface area contributed by atoms with Crippen molar-refractivity contribution in [3.63, 3.8) is 0 Å². The van der Waals surface area contributed by atoms with E-state index >= 15 is 0 Å². The molecule has 1 aliphatic heterocycles. The van der Waals surface area contributed by atoms with Crippen LogP contribution in [0.5, 0.6) is 0 Å². The number of aryl methyl sites for hydroxylation is 1. The number of rotatable bonds is 7. The van der Waals surface area contributed by atoms with Gasteiger partial charge >= 0.3 is 0 Å². The predicted octanol–water partition coefficient (Wildman–Crippen LogP) is 4.08. The van der Waals surface area contributed by atoms with Crippen LogP contribution in [0, 0.1) is 6.92 Å². The molecule has 3 aromatic rings. The van der Waals surface area contributed by atoms with Gasteiger partial charge in [-0.2, -0.15) is 5.10 Å². The van der Waals surface area contributed by atoms with Gasteiger partial charge in [0, 0.05) is 36.9 Å². The van der Waals surface area contributed by atoms with E-state index < -0.39 is 0 Å². The van der Waals surface area contributed by atoms with E-state index in [1.165, 1.54) is 0 Å². The van der Waals surface area contributed by atoms with Crippen LogP contribution in [0.1, 0.15) is 36.2 Å². The lowest BCUT2D eigenvalue weighted by atomic mass is 9.95. The van der Waals surface area contributed by atoms with Gasteiger partial charge in [-0.15, -0.1) is 0 Å². The Morgan fingerprint density at radius 1 is 1.09 bits per heavy atom. The summed E-state index contributed by atoms with van der Waals surface area (Å²) in [5.74, 6) is -0.0987. The molecule has 168 valence electrons. The normalized spacial score (nSPS) is 16.5. The molecule has 1 atom stereocenters. The number of aromatic nitrogens is 2. The van der Waals surface area contributed by atoms with Crippen molar-refractivity contribution < 1.29 is 9.53 Å². The Labute approximate surface area is 190 Å². The Kier molecular flexibility index (Phi) is 6.72. The molecule has 1 N–H and O–H groups in total. The van der Waals surface area contributed by atoms with E-state index in [1.54, 1.807) is 4.68 Å². The highest BCUT2D eigenvalue weighted by Gasteiger charge is 2.32. The SMILES string of the molecule is CCC(C)(CNC(=O)c1cn(-c2ccccc2)nc1-c1ccccc1C)N1CCOCC1. The van der Waals surface area contributed by atoms with Gasteiger partial charge in [0.05, 0.1) is 24.5 Å². The van der Waals surface area contributed by atoms with Gasteiger partial charge in [0.25, 0.3) is 5.91 Å². The van der Waals surface area contributed by atoms with E-state index in [4.69, 9.17) is 9.84 Å². The van der Waals surface area contributed by atoms with Crippen molar-refractivity contribution >= 4 is 5.91 Å². The quantitative estimate of drug-likeness (QED) is 0.611. The lowest BCUT2D eigenvalue weighted by Crippen LogP contribution is -2.56. The monoisotopic (exact) mass is 432 g/mol. The van der Waals surface area contributed by atoms with Crippen molar-refractivity contribution in [3.8, 4) is 16.9 Å². The van der Waals surface area contributed by atoms with Crippen LogP contribution in [-0.2, 0) is 4.74 Å². The van der Waals surface area contributed by atoms with Crippen molar-refractivity contribution in [1.82, 2.24) is 20.0 Å². The van der Waals surface area contributed by atoms with Crippen LogP contribution < -0.4 is 5.32 Å². The minimum atomic E-state index is -0.113. The molecule has 0 spiro atoms. The summed E-state index contributed by atoms with van der Waals surface area (Å²) in [6.45, 7) is 10.3. The van der Waals surface area contributed by atoms with Gasteiger partial charge in [0.15, 0.2) is 0 Å². The molecular weight excluding hydrogens is 400 g/mol. The first-order valence-electron chi connectivity index (χ1n) is 11.3. The molecule has 0 saturated carbocycles. The Morgan fingerprint density at radius 3 is 2.47 bits per heavy atom. The third-order valence-electron chi connectivity index (χ3n) is 6.55. The van der Waals surface area contributed by atoms with Crippen LogP contribution in [-0.4, -0.2) is 59.0 Å². The standard InChI is InChI=1S/C26H32N4O2/c1-4-26(3,29-14-16-32-17-15-29)19-27-25(31)23-18-30(21-11-6-5-7-12-21)28-24(23)22-13-9-8-10-20(22)2/h5-13,18H,4,14-17,19H2,1-3H3,(H,27,31). The maximum Gasteiger partial charge on any atom is 0.255 e. The summed E-state index contributed by atoms with van der Waals surface area (Å²) < 4.78 is 7.30. The van der Waals surface area contributed by atoms with Gasteiger partial charge in [-0.05, 0) is 38.0 Å². The molecule has 6 heteroatoms. The second-order valence-electron chi connectivity index (χ2n) is 8.62. The lowest BCUT2D eigenvalue weighted by Gasteiger charge is -2.43. The van der Waals surface area contributed by atoms with E-state index in [2.05, 4.69) is 24.1 Å².